The van der Waals surface area contributed by atoms with Gasteiger partial charge in [0.2, 0.25) is 5.82 Å². The number of aromatic amines is 1. The lowest BCUT2D eigenvalue weighted by molar-refractivity contribution is 0.0920. The van der Waals surface area contributed by atoms with Crippen molar-refractivity contribution in [2.24, 2.45) is 5.92 Å². The van der Waals surface area contributed by atoms with Crippen molar-refractivity contribution in [2.75, 3.05) is 19.6 Å². The van der Waals surface area contributed by atoms with Crippen LogP contribution in [0.3, 0.4) is 0 Å². The van der Waals surface area contributed by atoms with Crippen molar-refractivity contribution in [3.05, 3.63) is 35.9 Å². The second-order valence-corrected chi connectivity index (χ2v) is 6.37. The molecule has 1 aliphatic heterocycles. The van der Waals surface area contributed by atoms with Gasteiger partial charge in [0.25, 0.3) is 5.91 Å². The first-order valence-corrected chi connectivity index (χ1v) is 8.35. The molecule has 1 saturated heterocycles. The van der Waals surface area contributed by atoms with Crippen molar-refractivity contribution in [2.45, 2.75) is 19.4 Å². The van der Waals surface area contributed by atoms with Crippen LogP contribution in [0.1, 0.15) is 29.0 Å². The number of hydrogen-bond acceptors (Lipinski definition) is 7. The summed E-state index contributed by atoms with van der Waals surface area (Å²) in [6.07, 6.45) is 3.56. The van der Waals surface area contributed by atoms with Crippen molar-refractivity contribution in [3.8, 4) is 0 Å². The van der Waals surface area contributed by atoms with E-state index in [1.54, 1.807) is 0 Å². The molecule has 3 heterocycles. The van der Waals surface area contributed by atoms with Crippen LogP contribution >= 0.6 is 0 Å². The van der Waals surface area contributed by atoms with Gasteiger partial charge < -0.3 is 5.32 Å². The van der Waals surface area contributed by atoms with Gasteiger partial charge in [0.05, 0.1) is 0 Å². The summed E-state index contributed by atoms with van der Waals surface area (Å²) < 4.78 is 4.75. The summed E-state index contributed by atoms with van der Waals surface area (Å²) >= 11 is 0. The first-order valence-electron chi connectivity index (χ1n) is 8.35. The number of nitrogens with zero attached hydrogens (tertiary/aromatic N) is 5. The van der Waals surface area contributed by atoms with Gasteiger partial charge in [-0.1, -0.05) is 6.07 Å². The average Bonchev–Trinajstić information content (AvgIpc) is 3.31. The van der Waals surface area contributed by atoms with Crippen molar-refractivity contribution in [1.29, 1.82) is 0 Å². The SMILES string of the molecule is O=C(NC[C@H]1CCCN(Cc2ccc3nonc3c2)C1)c1ncn[nH]1. The lowest BCUT2D eigenvalue weighted by Crippen LogP contribution is -2.40. The van der Waals surface area contributed by atoms with Crippen LogP contribution in [0.15, 0.2) is 29.2 Å². The Balaban J connectivity index is 1.32. The van der Waals surface area contributed by atoms with Gasteiger partial charge in [0.15, 0.2) is 0 Å². The molecule has 0 radical (unpaired) electrons. The molecule has 0 unspecified atom stereocenters. The smallest absolute Gasteiger partial charge is 0.288 e. The van der Waals surface area contributed by atoms with Gasteiger partial charge in [0, 0.05) is 19.6 Å². The molecular weight excluding hydrogens is 322 g/mol. The zero-order valence-corrected chi connectivity index (χ0v) is 13.7. The Morgan fingerprint density at radius 1 is 1.36 bits per heavy atom. The van der Waals surface area contributed by atoms with E-state index in [0.29, 0.717) is 12.5 Å². The summed E-state index contributed by atoms with van der Waals surface area (Å²) in [6, 6.07) is 6.00. The number of aromatic nitrogens is 5. The highest BCUT2D eigenvalue weighted by atomic mass is 16.6. The van der Waals surface area contributed by atoms with Crippen LogP contribution < -0.4 is 5.32 Å². The van der Waals surface area contributed by atoms with E-state index in [4.69, 9.17) is 4.63 Å². The number of likely N-dealkylation sites (tertiary alicyclic amines) is 1. The van der Waals surface area contributed by atoms with Gasteiger partial charge in [-0.05, 0) is 53.3 Å². The lowest BCUT2D eigenvalue weighted by atomic mass is 9.97. The van der Waals surface area contributed by atoms with E-state index in [2.05, 4.69) is 41.8 Å². The largest absolute Gasteiger partial charge is 0.349 e. The van der Waals surface area contributed by atoms with Gasteiger partial charge >= 0.3 is 0 Å². The van der Waals surface area contributed by atoms with Gasteiger partial charge in [0.1, 0.15) is 17.4 Å². The molecular formula is C16H19N7O2. The lowest BCUT2D eigenvalue weighted by Gasteiger charge is -2.32. The standard InChI is InChI=1S/C16H19N7O2/c24-16(15-18-10-19-20-15)17-7-12-2-1-5-23(9-12)8-11-3-4-13-14(6-11)22-25-21-13/h3-4,6,10,12H,1-2,5,7-9H2,(H,17,24)(H,18,19,20)/t12-/m1/s1. The predicted octanol–water partition coefficient (Wildman–Crippen LogP) is 0.983. The van der Waals surface area contributed by atoms with E-state index >= 15 is 0 Å². The number of benzene rings is 1. The first kappa shape index (κ1) is 15.7. The van der Waals surface area contributed by atoms with Crippen LogP contribution in [0.25, 0.3) is 11.0 Å². The zero-order chi connectivity index (χ0) is 17.1. The minimum absolute atomic E-state index is 0.210. The van der Waals surface area contributed by atoms with E-state index in [9.17, 15) is 4.79 Å². The molecule has 0 bridgehead atoms. The molecule has 0 spiro atoms. The monoisotopic (exact) mass is 341 g/mol. The summed E-state index contributed by atoms with van der Waals surface area (Å²) in [7, 11) is 0. The Hall–Kier alpha value is -2.81. The van der Waals surface area contributed by atoms with Gasteiger partial charge in [-0.2, -0.15) is 5.10 Å². The highest BCUT2D eigenvalue weighted by Crippen LogP contribution is 2.19. The van der Waals surface area contributed by atoms with Crippen molar-refractivity contribution in [1.82, 2.24) is 35.7 Å². The highest BCUT2D eigenvalue weighted by Gasteiger charge is 2.21. The second-order valence-electron chi connectivity index (χ2n) is 6.37. The fourth-order valence-electron chi connectivity index (χ4n) is 3.28. The van der Waals surface area contributed by atoms with Gasteiger partial charge in [-0.15, -0.1) is 0 Å². The summed E-state index contributed by atoms with van der Waals surface area (Å²) in [5.41, 5.74) is 2.75. The Kier molecular flexibility index (Phi) is 4.38. The molecule has 9 nitrogen and oxygen atoms in total. The predicted molar refractivity (Wildman–Crippen MR) is 88.5 cm³/mol. The number of nitrogens with one attached hydrogen (secondary N) is 2. The molecule has 2 N–H and O–H groups in total. The minimum Gasteiger partial charge on any atom is -0.349 e. The average molecular weight is 341 g/mol. The third-order valence-corrected chi connectivity index (χ3v) is 4.51. The third-order valence-electron chi connectivity index (χ3n) is 4.51. The third kappa shape index (κ3) is 3.66. The maximum Gasteiger partial charge on any atom is 0.288 e. The summed E-state index contributed by atoms with van der Waals surface area (Å²) in [5, 5.41) is 16.9. The van der Waals surface area contributed by atoms with E-state index in [-0.39, 0.29) is 11.7 Å². The van der Waals surface area contributed by atoms with Crippen LogP contribution in [0.2, 0.25) is 0 Å². The first-order chi connectivity index (χ1) is 12.3. The number of piperidine rings is 1. The Labute approximate surface area is 143 Å². The number of fused-ring (bicyclic) bond motifs is 1. The molecule has 1 fully saturated rings. The Morgan fingerprint density at radius 3 is 3.16 bits per heavy atom. The van der Waals surface area contributed by atoms with Gasteiger partial charge in [-0.25, -0.2) is 9.61 Å². The molecule has 3 aromatic rings. The summed E-state index contributed by atoms with van der Waals surface area (Å²) in [6.45, 7) is 3.51. The van der Waals surface area contributed by atoms with Crippen molar-refractivity contribution in [3.63, 3.8) is 0 Å². The molecule has 0 aliphatic carbocycles. The highest BCUT2D eigenvalue weighted by molar-refractivity contribution is 5.90. The molecule has 9 heteroatoms. The maximum atomic E-state index is 11.9. The molecule has 1 amide bonds. The molecule has 25 heavy (non-hydrogen) atoms. The minimum atomic E-state index is -0.210. The number of carbonyl (C=O) groups excluding carboxylic acids is 1. The molecule has 130 valence electrons. The van der Waals surface area contributed by atoms with Crippen LogP contribution in [-0.2, 0) is 6.54 Å². The summed E-state index contributed by atoms with van der Waals surface area (Å²) in [4.78, 5) is 18.2. The van der Waals surface area contributed by atoms with Gasteiger partial charge in [-0.3, -0.25) is 14.8 Å². The van der Waals surface area contributed by atoms with Crippen LogP contribution in [0, 0.1) is 5.92 Å². The molecule has 4 rings (SSSR count). The normalized spacial score (nSPS) is 18.5. The quantitative estimate of drug-likeness (QED) is 0.711. The van der Waals surface area contributed by atoms with Crippen molar-refractivity contribution < 1.29 is 9.42 Å². The number of amides is 1. The number of carbonyl (C=O) groups is 1. The topological polar surface area (TPSA) is 113 Å². The maximum absolute atomic E-state index is 11.9. The molecule has 1 atom stereocenters. The molecule has 1 aromatic carbocycles. The zero-order valence-electron chi connectivity index (χ0n) is 13.7. The Bertz CT molecular complexity index is 845. The molecule has 0 saturated carbocycles. The number of hydrogen-bond donors (Lipinski definition) is 2. The van der Waals surface area contributed by atoms with Crippen LogP contribution in [0.5, 0.6) is 0 Å². The van der Waals surface area contributed by atoms with E-state index < -0.39 is 0 Å². The van der Waals surface area contributed by atoms with E-state index in [1.807, 2.05) is 12.1 Å². The molecule has 1 aliphatic rings. The van der Waals surface area contributed by atoms with E-state index in [0.717, 1.165) is 43.5 Å². The number of rotatable bonds is 5. The van der Waals surface area contributed by atoms with Crippen LogP contribution in [-0.4, -0.2) is 55.9 Å². The fraction of sp³-hybridized carbons (Fsp3) is 0.438. The second kappa shape index (κ2) is 6.98. The van der Waals surface area contributed by atoms with E-state index in [1.165, 1.54) is 11.9 Å². The van der Waals surface area contributed by atoms with Crippen molar-refractivity contribution >= 4 is 16.9 Å². The van der Waals surface area contributed by atoms with Crippen LogP contribution in [0.4, 0.5) is 0 Å². The Morgan fingerprint density at radius 2 is 2.28 bits per heavy atom. The molecule has 2 aromatic heterocycles. The summed E-state index contributed by atoms with van der Waals surface area (Å²) in [5.74, 6) is 0.471. The fourth-order valence-corrected chi connectivity index (χ4v) is 3.28. The number of H-pyrrole nitrogens is 1.